The van der Waals surface area contributed by atoms with Crippen molar-refractivity contribution >= 4 is 11.3 Å². The van der Waals surface area contributed by atoms with Crippen molar-refractivity contribution in [2.24, 2.45) is 7.05 Å². The second-order valence-electron chi connectivity index (χ2n) is 4.68. The zero-order valence-corrected chi connectivity index (χ0v) is 12.1. The molecule has 0 radical (unpaired) electrons. The van der Waals surface area contributed by atoms with Crippen LogP contribution in [0.5, 0.6) is 0 Å². The Balaban J connectivity index is 2.01. The van der Waals surface area contributed by atoms with Gasteiger partial charge in [-0.3, -0.25) is 4.68 Å². The van der Waals surface area contributed by atoms with Crippen molar-refractivity contribution in [3.05, 3.63) is 39.8 Å². The van der Waals surface area contributed by atoms with E-state index in [9.17, 15) is 0 Å². The van der Waals surface area contributed by atoms with E-state index in [-0.39, 0.29) is 0 Å². The molecule has 98 valence electrons. The molecule has 0 fully saturated rings. The molecule has 3 nitrogen and oxygen atoms in total. The number of aryl methyl sites for hydroxylation is 3. The minimum atomic E-state index is 0.460. The molecule has 0 bridgehead atoms. The number of aromatic nitrogens is 2. The van der Waals surface area contributed by atoms with Gasteiger partial charge < -0.3 is 5.32 Å². The SMILES string of the molecule is CCNC(CCc1cnn(C)c1)c1cscc1C. The number of nitrogens with zero attached hydrogens (tertiary/aromatic N) is 2. The maximum atomic E-state index is 4.22. The predicted molar refractivity (Wildman–Crippen MR) is 77.0 cm³/mol. The standard InChI is InChI=1S/C14H21N3S/c1-4-15-14(13-10-18-9-11(13)2)6-5-12-7-16-17(3)8-12/h7-10,14-15H,4-6H2,1-3H3. The highest BCUT2D eigenvalue weighted by atomic mass is 32.1. The van der Waals surface area contributed by atoms with E-state index in [1.165, 1.54) is 16.7 Å². The van der Waals surface area contributed by atoms with Crippen LogP contribution in [0.25, 0.3) is 0 Å². The predicted octanol–water partition coefficient (Wildman–Crippen LogP) is 3.07. The van der Waals surface area contributed by atoms with Gasteiger partial charge in [-0.25, -0.2) is 0 Å². The van der Waals surface area contributed by atoms with Gasteiger partial charge in [-0.2, -0.15) is 16.4 Å². The van der Waals surface area contributed by atoms with Gasteiger partial charge in [-0.15, -0.1) is 0 Å². The molecule has 2 aromatic rings. The van der Waals surface area contributed by atoms with E-state index in [0.717, 1.165) is 19.4 Å². The summed E-state index contributed by atoms with van der Waals surface area (Å²) in [6.45, 7) is 5.37. The van der Waals surface area contributed by atoms with E-state index in [1.807, 2.05) is 17.9 Å². The first-order chi connectivity index (χ1) is 8.70. The van der Waals surface area contributed by atoms with E-state index in [0.29, 0.717) is 6.04 Å². The minimum absolute atomic E-state index is 0.460. The molecule has 2 heterocycles. The number of rotatable bonds is 6. The number of thiophene rings is 1. The molecule has 1 atom stereocenters. The van der Waals surface area contributed by atoms with Gasteiger partial charge in [0.2, 0.25) is 0 Å². The van der Waals surface area contributed by atoms with Crippen LogP contribution in [0, 0.1) is 6.92 Å². The Kier molecular flexibility index (Phi) is 4.55. The smallest absolute Gasteiger partial charge is 0.0521 e. The highest BCUT2D eigenvalue weighted by Crippen LogP contribution is 2.25. The third-order valence-corrected chi connectivity index (χ3v) is 4.08. The monoisotopic (exact) mass is 263 g/mol. The molecule has 4 heteroatoms. The van der Waals surface area contributed by atoms with E-state index < -0.39 is 0 Å². The lowest BCUT2D eigenvalue weighted by Crippen LogP contribution is -2.21. The largest absolute Gasteiger partial charge is 0.310 e. The molecule has 18 heavy (non-hydrogen) atoms. The molecule has 0 aromatic carbocycles. The molecule has 0 saturated carbocycles. The summed E-state index contributed by atoms with van der Waals surface area (Å²) in [6, 6.07) is 0.460. The van der Waals surface area contributed by atoms with E-state index in [4.69, 9.17) is 0 Å². The Hall–Kier alpha value is -1.13. The van der Waals surface area contributed by atoms with Crippen LogP contribution in [0.3, 0.4) is 0 Å². The topological polar surface area (TPSA) is 29.9 Å². The first kappa shape index (κ1) is 13.3. The van der Waals surface area contributed by atoms with Gasteiger partial charge in [0, 0.05) is 19.3 Å². The maximum absolute atomic E-state index is 4.22. The fourth-order valence-corrected chi connectivity index (χ4v) is 3.16. The fourth-order valence-electron chi connectivity index (χ4n) is 2.25. The van der Waals surface area contributed by atoms with Gasteiger partial charge in [0.05, 0.1) is 6.20 Å². The molecular formula is C14H21N3S. The van der Waals surface area contributed by atoms with Crippen LogP contribution < -0.4 is 5.32 Å². The highest BCUT2D eigenvalue weighted by molar-refractivity contribution is 7.08. The van der Waals surface area contributed by atoms with Crippen LogP contribution in [-0.2, 0) is 13.5 Å². The third kappa shape index (κ3) is 3.21. The quantitative estimate of drug-likeness (QED) is 0.868. The molecule has 2 rings (SSSR count). The molecular weight excluding hydrogens is 242 g/mol. The first-order valence-electron chi connectivity index (χ1n) is 6.44. The average molecular weight is 263 g/mol. The number of hydrogen-bond acceptors (Lipinski definition) is 3. The summed E-state index contributed by atoms with van der Waals surface area (Å²) in [5, 5.41) is 12.3. The minimum Gasteiger partial charge on any atom is -0.310 e. The third-order valence-electron chi connectivity index (χ3n) is 3.20. The van der Waals surface area contributed by atoms with E-state index in [1.54, 1.807) is 11.3 Å². The van der Waals surface area contributed by atoms with Gasteiger partial charge in [-0.05, 0) is 53.8 Å². The zero-order chi connectivity index (χ0) is 13.0. The summed E-state index contributed by atoms with van der Waals surface area (Å²) < 4.78 is 1.87. The second-order valence-corrected chi connectivity index (χ2v) is 5.42. The first-order valence-corrected chi connectivity index (χ1v) is 7.38. The van der Waals surface area contributed by atoms with Crippen molar-refractivity contribution in [1.82, 2.24) is 15.1 Å². The van der Waals surface area contributed by atoms with Gasteiger partial charge >= 0.3 is 0 Å². The molecule has 0 amide bonds. The van der Waals surface area contributed by atoms with E-state index >= 15 is 0 Å². The normalized spacial score (nSPS) is 12.8. The summed E-state index contributed by atoms with van der Waals surface area (Å²) in [5.74, 6) is 0. The maximum Gasteiger partial charge on any atom is 0.0521 e. The second kappa shape index (κ2) is 6.16. The lowest BCUT2D eigenvalue weighted by atomic mass is 10.00. The van der Waals surface area contributed by atoms with Gasteiger partial charge in [0.25, 0.3) is 0 Å². The lowest BCUT2D eigenvalue weighted by molar-refractivity contribution is 0.514. The summed E-state index contributed by atoms with van der Waals surface area (Å²) in [4.78, 5) is 0. The van der Waals surface area contributed by atoms with Crippen LogP contribution in [0.1, 0.15) is 36.1 Å². The Morgan fingerprint density at radius 2 is 2.28 bits per heavy atom. The number of nitrogens with one attached hydrogen (secondary N) is 1. The lowest BCUT2D eigenvalue weighted by Gasteiger charge is -2.17. The van der Waals surface area contributed by atoms with Crippen molar-refractivity contribution in [3.63, 3.8) is 0 Å². The molecule has 0 aliphatic rings. The van der Waals surface area contributed by atoms with Crippen molar-refractivity contribution in [2.75, 3.05) is 6.54 Å². The zero-order valence-electron chi connectivity index (χ0n) is 11.3. The van der Waals surface area contributed by atoms with Gasteiger partial charge in [-0.1, -0.05) is 6.92 Å². The summed E-state index contributed by atoms with van der Waals surface area (Å²) >= 11 is 1.79. The average Bonchev–Trinajstić information content (AvgIpc) is 2.94. The molecule has 1 N–H and O–H groups in total. The summed E-state index contributed by atoms with van der Waals surface area (Å²) in [5.41, 5.74) is 4.16. The van der Waals surface area contributed by atoms with E-state index in [2.05, 4.69) is 41.2 Å². The van der Waals surface area contributed by atoms with Crippen LogP contribution >= 0.6 is 11.3 Å². The molecule has 0 saturated heterocycles. The van der Waals surface area contributed by atoms with Crippen molar-refractivity contribution < 1.29 is 0 Å². The van der Waals surface area contributed by atoms with Crippen LogP contribution in [0.2, 0.25) is 0 Å². The fraction of sp³-hybridized carbons (Fsp3) is 0.500. The van der Waals surface area contributed by atoms with Crippen molar-refractivity contribution in [3.8, 4) is 0 Å². The van der Waals surface area contributed by atoms with Crippen LogP contribution in [0.15, 0.2) is 23.2 Å². The van der Waals surface area contributed by atoms with Crippen LogP contribution in [0.4, 0.5) is 0 Å². The summed E-state index contributed by atoms with van der Waals surface area (Å²) in [7, 11) is 1.97. The Bertz CT molecular complexity index is 487. The van der Waals surface area contributed by atoms with Gasteiger partial charge in [0.15, 0.2) is 0 Å². The van der Waals surface area contributed by atoms with Crippen molar-refractivity contribution in [2.45, 2.75) is 32.7 Å². The Labute approximate surface area is 113 Å². The Morgan fingerprint density at radius 3 is 2.83 bits per heavy atom. The highest BCUT2D eigenvalue weighted by Gasteiger charge is 2.13. The molecule has 1 unspecified atom stereocenters. The van der Waals surface area contributed by atoms with Crippen molar-refractivity contribution in [1.29, 1.82) is 0 Å². The molecule has 0 spiro atoms. The molecule has 0 aliphatic heterocycles. The molecule has 2 aromatic heterocycles. The summed E-state index contributed by atoms with van der Waals surface area (Å²) in [6.07, 6.45) is 6.25. The Morgan fingerprint density at radius 1 is 1.44 bits per heavy atom. The number of hydrogen-bond donors (Lipinski definition) is 1. The van der Waals surface area contributed by atoms with Crippen LogP contribution in [-0.4, -0.2) is 16.3 Å². The molecule has 0 aliphatic carbocycles. The van der Waals surface area contributed by atoms with Gasteiger partial charge in [0.1, 0.15) is 0 Å².